The first-order chi connectivity index (χ1) is 9.24. The van der Waals surface area contributed by atoms with Crippen molar-refractivity contribution in [3.05, 3.63) is 0 Å². The lowest BCUT2D eigenvalue weighted by Crippen LogP contribution is -2.42. The first kappa shape index (κ1) is 17.8. The number of nitrogens with zero attached hydrogens (tertiary/aromatic N) is 1. The normalized spacial score (nSPS) is 28.3. The maximum atomic E-state index is 12.7. The summed E-state index contributed by atoms with van der Waals surface area (Å²) in [6.07, 6.45) is 12.4. The Bertz CT molecular complexity index is 290. The van der Waals surface area contributed by atoms with E-state index in [2.05, 4.69) is 4.90 Å². The molecule has 0 spiro atoms. The van der Waals surface area contributed by atoms with E-state index in [1.807, 2.05) is 7.05 Å². The Kier molecular flexibility index (Phi) is 7.90. The zero-order chi connectivity index (χ0) is 13.7. The highest BCUT2D eigenvalue weighted by Gasteiger charge is 2.35. The lowest BCUT2D eigenvalue weighted by Gasteiger charge is -2.33. The van der Waals surface area contributed by atoms with Gasteiger partial charge >= 0.3 is 0 Å². The van der Waals surface area contributed by atoms with Gasteiger partial charge in [-0.3, -0.25) is 4.79 Å². The summed E-state index contributed by atoms with van der Waals surface area (Å²) < 4.78 is 0. The van der Waals surface area contributed by atoms with Gasteiger partial charge in [0.15, 0.2) is 0 Å². The molecule has 0 radical (unpaired) electrons. The van der Waals surface area contributed by atoms with Crippen LogP contribution in [0.15, 0.2) is 0 Å². The maximum absolute atomic E-state index is 12.7. The SMILES string of the molecule is CN(C(=O)[C@@H]1CCC[C@@H]1CN)C1CCCCCCC1.Cl. The molecular weight excluding hydrogens is 272 g/mol. The molecular formula is C16H31ClN2O. The van der Waals surface area contributed by atoms with Gasteiger partial charge in [0.1, 0.15) is 0 Å². The summed E-state index contributed by atoms with van der Waals surface area (Å²) in [4.78, 5) is 14.8. The number of carbonyl (C=O) groups excluding carboxylic acids is 1. The molecule has 0 aromatic carbocycles. The third kappa shape index (κ3) is 4.36. The highest BCUT2D eigenvalue weighted by Crippen LogP contribution is 2.33. The van der Waals surface area contributed by atoms with Crippen LogP contribution in [0, 0.1) is 11.8 Å². The zero-order valence-corrected chi connectivity index (χ0v) is 13.7. The average Bonchev–Trinajstić information content (AvgIpc) is 2.85. The lowest BCUT2D eigenvalue weighted by atomic mass is 9.91. The molecule has 20 heavy (non-hydrogen) atoms. The monoisotopic (exact) mass is 302 g/mol. The smallest absolute Gasteiger partial charge is 0.225 e. The van der Waals surface area contributed by atoms with Crippen LogP contribution in [0.5, 0.6) is 0 Å². The van der Waals surface area contributed by atoms with Gasteiger partial charge < -0.3 is 10.6 Å². The second-order valence-corrected chi connectivity index (χ2v) is 6.48. The van der Waals surface area contributed by atoms with Gasteiger partial charge in [-0.25, -0.2) is 0 Å². The van der Waals surface area contributed by atoms with E-state index in [0.717, 1.165) is 12.8 Å². The van der Waals surface area contributed by atoms with Crippen LogP contribution in [0.4, 0.5) is 0 Å². The summed E-state index contributed by atoms with van der Waals surface area (Å²) in [5, 5.41) is 0. The van der Waals surface area contributed by atoms with E-state index in [1.54, 1.807) is 0 Å². The van der Waals surface area contributed by atoms with Crippen molar-refractivity contribution in [2.75, 3.05) is 13.6 Å². The zero-order valence-electron chi connectivity index (χ0n) is 12.9. The number of amides is 1. The number of hydrogen-bond acceptors (Lipinski definition) is 2. The van der Waals surface area contributed by atoms with E-state index in [-0.39, 0.29) is 18.3 Å². The van der Waals surface area contributed by atoms with Crippen molar-refractivity contribution in [3.63, 3.8) is 0 Å². The summed E-state index contributed by atoms with van der Waals surface area (Å²) in [6.45, 7) is 0.676. The molecule has 2 rings (SSSR count). The Morgan fingerprint density at radius 2 is 1.60 bits per heavy atom. The topological polar surface area (TPSA) is 46.3 Å². The fourth-order valence-corrected chi connectivity index (χ4v) is 3.91. The van der Waals surface area contributed by atoms with E-state index in [9.17, 15) is 4.79 Å². The molecule has 0 bridgehead atoms. The predicted octanol–water partition coefficient (Wildman–Crippen LogP) is 3.35. The highest BCUT2D eigenvalue weighted by atomic mass is 35.5. The minimum absolute atomic E-state index is 0. The summed E-state index contributed by atoms with van der Waals surface area (Å²) in [7, 11) is 2.03. The van der Waals surface area contributed by atoms with Crippen LogP contribution in [0.2, 0.25) is 0 Å². The number of halogens is 1. The minimum Gasteiger partial charge on any atom is -0.343 e. The first-order valence-corrected chi connectivity index (χ1v) is 8.20. The summed E-state index contributed by atoms with van der Waals surface area (Å²) in [5.41, 5.74) is 5.82. The number of carbonyl (C=O) groups is 1. The van der Waals surface area contributed by atoms with Gasteiger partial charge in [-0.1, -0.05) is 38.5 Å². The van der Waals surface area contributed by atoms with Crippen molar-refractivity contribution in [1.82, 2.24) is 4.90 Å². The van der Waals surface area contributed by atoms with Crippen LogP contribution >= 0.6 is 12.4 Å². The maximum Gasteiger partial charge on any atom is 0.225 e. The average molecular weight is 303 g/mol. The van der Waals surface area contributed by atoms with Gasteiger partial charge in [0.2, 0.25) is 5.91 Å². The number of hydrogen-bond donors (Lipinski definition) is 1. The molecule has 0 unspecified atom stereocenters. The van der Waals surface area contributed by atoms with Crippen molar-refractivity contribution in [2.24, 2.45) is 17.6 Å². The van der Waals surface area contributed by atoms with Crippen LogP contribution in [0.3, 0.4) is 0 Å². The molecule has 0 saturated heterocycles. The standard InChI is InChI=1S/C16H30N2O.ClH/c1-18(14-9-5-3-2-4-6-10-14)16(19)15-11-7-8-13(15)12-17;/h13-15H,2-12,17H2,1H3;1H/t13-,15-;/m1./s1. The first-order valence-electron chi connectivity index (χ1n) is 8.20. The van der Waals surface area contributed by atoms with Crippen molar-refractivity contribution in [3.8, 4) is 0 Å². The molecule has 0 aromatic rings. The number of nitrogens with two attached hydrogens (primary N) is 1. The summed E-state index contributed by atoms with van der Waals surface area (Å²) in [5.74, 6) is 1.02. The van der Waals surface area contributed by atoms with Crippen molar-refractivity contribution in [1.29, 1.82) is 0 Å². The molecule has 2 aliphatic rings. The second-order valence-electron chi connectivity index (χ2n) is 6.48. The van der Waals surface area contributed by atoms with Gasteiger partial charge in [-0.2, -0.15) is 0 Å². The van der Waals surface area contributed by atoms with Gasteiger partial charge in [-0.05, 0) is 38.1 Å². The molecule has 2 saturated carbocycles. The van der Waals surface area contributed by atoms with E-state index in [4.69, 9.17) is 5.73 Å². The van der Waals surface area contributed by atoms with Crippen LogP contribution in [0.25, 0.3) is 0 Å². The molecule has 0 aromatic heterocycles. The fourth-order valence-electron chi connectivity index (χ4n) is 3.91. The molecule has 3 nitrogen and oxygen atoms in total. The van der Waals surface area contributed by atoms with Crippen LogP contribution < -0.4 is 5.73 Å². The Morgan fingerprint density at radius 1 is 1.00 bits per heavy atom. The summed E-state index contributed by atoms with van der Waals surface area (Å²) >= 11 is 0. The van der Waals surface area contributed by atoms with Gasteiger partial charge in [0.05, 0.1) is 0 Å². The molecule has 118 valence electrons. The molecule has 2 atom stereocenters. The van der Waals surface area contributed by atoms with Crippen LogP contribution in [0.1, 0.15) is 64.2 Å². The van der Waals surface area contributed by atoms with E-state index >= 15 is 0 Å². The quantitative estimate of drug-likeness (QED) is 0.869. The van der Waals surface area contributed by atoms with Crippen molar-refractivity contribution >= 4 is 18.3 Å². The molecule has 1 amide bonds. The Labute approximate surface area is 130 Å². The van der Waals surface area contributed by atoms with Gasteiger partial charge in [0.25, 0.3) is 0 Å². The Hall–Kier alpha value is -0.280. The Morgan fingerprint density at radius 3 is 2.20 bits per heavy atom. The predicted molar refractivity (Wildman–Crippen MR) is 86.0 cm³/mol. The fraction of sp³-hybridized carbons (Fsp3) is 0.938. The van der Waals surface area contributed by atoms with Crippen LogP contribution in [-0.2, 0) is 4.79 Å². The molecule has 0 aliphatic heterocycles. The number of rotatable bonds is 3. The van der Waals surface area contributed by atoms with E-state index in [0.29, 0.717) is 24.4 Å². The third-order valence-corrected chi connectivity index (χ3v) is 5.25. The van der Waals surface area contributed by atoms with E-state index in [1.165, 1.54) is 51.4 Å². The van der Waals surface area contributed by atoms with Crippen LogP contribution in [-0.4, -0.2) is 30.4 Å². The molecule has 4 heteroatoms. The van der Waals surface area contributed by atoms with Gasteiger partial charge in [-0.15, -0.1) is 12.4 Å². The molecule has 2 fully saturated rings. The minimum atomic E-state index is 0. The third-order valence-electron chi connectivity index (χ3n) is 5.25. The van der Waals surface area contributed by atoms with Crippen molar-refractivity contribution < 1.29 is 4.79 Å². The largest absolute Gasteiger partial charge is 0.343 e. The van der Waals surface area contributed by atoms with Gasteiger partial charge in [0, 0.05) is 19.0 Å². The van der Waals surface area contributed by atoms with E-state index < -0.39 is 0 Å². The highest BCUT2D eigenvalue weighted by molar-refractivity contribution is 5.85. The molecule has 0 heterocycles. The second kappa shape index (κ2) is 8.89. The lowest BCUT2D eigenvalue weighted by molar-refractivity contribution is -0.137. The molecule has 2 aliphatic carbocycles. The Balaban J connectivity index is 0.00000200. The molecule has 2 N–H and O–H groups in total. The summed E-state index contributed by atoms with van der Waals surface area (Å²) in [6, 6.07) is 0.479. The van der Waals surface area contributed by atoms with Crippen molar-refractivity contribution in [2.45, 2.75) is 70.3 Å².